The second-order valence-corrected chi connectivity index (χ2v) is 8.25. The van der Waals surface area contributed by atoms with Gasteiger partial charge in [0.2, 0.25) is 5.95 Å². The zero-order chi connectivity index (χ0) is 23.2. The Morgan fingerprint density at radius 3 is 2.85 bits per heavy atom. The van der Waals surface area contributed by atoms with Gasteiger partial charge in [-0.15, -0.1) is 0 Å². The van der Waals surface area contributed by atoms with Crippen molar-refractivity contribution in [3.05, 3.63) is 41.6 Å². The van der Waals surface area contributed by atoms with Crippen LogP contribution >= 0.6 is 11.6 Å². The van der Waals surface area contributed by atoms with Gasteiger partial charge in [0.15, 0.2) is 5.82 Å². The van der Waals surface area contributed by atoms with Gasteiger partial charge < -0.3 is 20.3 Å². The van der Waals surface area contributed by atoms with Crippen LogP contribution in [0, 0.1) is 5.82 Å². The van der Waals surface area contributed by atoms with Gasteiger partial charge >= 0.3 is 5.97 Å². The van der Waals surface area contributed by atoms with Crippen LogP contribution in [0.3, 0.4) is 0 Å². The molecule has 2 aromatic heterocycles. The highest BCUT2D eigenvalue weighted by Gasteiger charge is 2.20. The highest BCUT2D eigenvalue weighted by Crippen LogP contribution is 2.25. The Bertz CT molecular complexity index is 1130. The Labute approximate surface area is 195 Å². The molecule has 1 aromatic carbocycles. The number of aromatic nitrogens is 4. The van der Waals surface area contributed by atoms with Crippen molar-refractivity contribution in [2.75, 3.05) is 37.4 Å². The highest BCUT2D eigenvalue weighted by molar-refractivity contribution is 6.31. The van der Waals surface area contributed by atoms with Crippen LogP contribution in [0.4, 0.5) is 21.8 Å². The Morgan fingerprint density at radius 1 is 1.27 bits per heavy atom. The highest BCUT2D eigenvalue weighted by atomic mass is 35.5. The summed E-state index contributed by atoms with van der Waals surface area (Å²) in [7, 11) is 1.41. The summed E-state index contributed by atoms with van der Waals surface area (Å²) in [5.74, 6) is 0.327. The number of benzene rings is 1. The third-order valence-corrected chi connectivity index (χ3v) is 5.85. The van der Waals surface area contributed by atoms with Crippen molar-refractivity contribution in [1.29, 1.82) is 0 Å². The van der Waals surface area contributed by atoms with E-state index in [1.165, 1.54) is 25.6 Å². The Kier molecular flexibility index (Phi) is 7.46. The summed E-state index contributed by atoms with van der Waals surface area (Å²) in [5, 5.41) is 6.55. The van der Waals surface area contributed by atoms with E-state index in [2.05, 4.69) is 40.2 Å². The van der Waals surface area contributed by atoms with Gasteiger partial charge in [0.1, 0.15) is 23.2 Å². The number of piperidine rings is 1. The third kappa shape index (κ3) is 6.02. The van der Waals surface area contributed by atoms with Crippen molar-refractivity contribution < 1.29 is 13.9 Å². The molecule has 0 spiro atoms. The molecular formula is C22H25ClFN7O2. The molecule has 0 amide bonds. The average Bonchev–Trinajstić information content (AvgIpc) is 2.83. The molecule has 11 heteroatoms. The first kappa shape index (κ1) is 23.1. The van der Waals surface area contributed by atoms with E-state index in [1.807, 2.05) is 0 Å². The maximum absolute atomic E-state index is 13.5. The Balaban J connectivity index is 1.38. The first-order valence-electron chi connectivity index (χ1n) is 10.8. The monoisotopic (exact) mass is 473 g/mol. The molecule has 174 valence electrons. The maximum atomic E-state index is 13.5. The Hall–Kier alpha value is -3.11. The standard InChI is InChI=1S/C22H25ClFN7O2/c1-33-19(32)3-2-8-31-9-6-14(7-10-31)29-22-25-12-18-20(30-22)21(27-13-26-18)28-15-4-5-17(24)16(23)11-15/h4-5,11-14H,2-3,6-10H2,1H3,(H,25,29,30)(H,26,27,28). The summed E-state index contributed by atoms with van der Waals surface area (Å²) in [5.41, 5.74) is 1.73. The molecule has 9 nitrogen and oxygen atoms in total. The molecule has 0 unspecified atom stereocenters. The van der Waals surface area contributed by atoms with Crippen LogP contribution in [0.2, 0.25) is 5.02 Å². The lowest BCUT2D eigenvalue weighted by molar-refractivity contribution is -0.140. The van der Waals surface area contributed by atoms with Crippen LogP contribution < -0.4 is 10.6 Å². The quantitative estimate of drug-likeness (QED) is 0.472. The van der Waals surface area contributed by atoms with Gasteiger partial charge in [-0.3, -0.25) is 4.79 Å². The molecule has 4 rings (SSSR count). The van der Waals surface area contributed by atoms with Crippen LogP contribution in [0.5, 0.6) is 0 Å². The van der Waals surface area contributed by atoms with Gasteiger partial charge in [-0.2, -0.15) is 0 Å². The Morgan fingerprint density at radius 2 is 2.09 bits per heavy atom. The minimum absolute atomic E-state index is 0.0204. The molecule has 1 aliphatic heterocycles. The summed E-state index contributed by atoms with van der Waals surface area (Å²) in [6.45, 7) is 2.76. The van der Waals surface area contributed by atoms with E-state index in [4.69, 9.17) is 11.6 Å². The molecule has 2 N–H and O–H groups in total. The number of carbonyl (C=O) groups is 1. The molecule has 0 saturated carbocycles. The molecule has 0 aliphatic carbocycles. The SMILES string of the molecule is COC(=O)CCCN1CCC(Nc2ncc3ncnc(Nc4ccc(F)c(Cl)c4)c3n2)CC1. The molecule has 0 bridgehead atoms. The minimum Gasteiger partial charge on any atom is -0.469 e. The van der Waals surface area contributed by atoms with Crippen LogP contribution in [0.15, 0.2) is 30.7 Å². The smallest absolute Gasteiger partial charge is 0.305 e. The van der Waals surface area contributed by atoms with E-state index in [0.717, 1.165) is 38.9 Å². The summed E-state index contributed by atoms with van der Waals surface area (Å²) < 4.78 is 18.2. The number of nitrogens with one attached hydrogen (secondary N) is 2. The number of rotatable bonds is 8. The number of fused-ring (bicyclic) bond motifs is 1. The van der Waals surface area contributed by atoms with Gasteiger partial charge in [-0.1, -0.05) is 11.6 Å². The van der Waals surface area contributed by atoms with E-state index in [-0.39, 0.29) is 17.0 Å². The van der Waals surface area contributed by atoms with Gasteiger partial charge in [-0.25, -0.2) is 24.3 Å². The molecular weight excluding hydrogens is 449 g/mol. The number of ether oxygens (including phenoxy) is 1. The van der Waals surface area contributed by atoms with Crippen LogP contribution in [0.1, 0.15) is 25.7 Å². The van der Waals surface area contributed by atoms with Crippen LogP contribution in [-0.2, 0) is 9.53 Å². The summed E-state index contributed by atoms with van der Waals surface area (Å²) in [6.07, 6.45) is 6.21. The fourth-order valence-corrected chi connectivity index (χ4v) is 3.94. The zero-order valence-electron chi connectivity index (χ0n) is 18.2. The van der Waals surface area contributed by atoms with Crippen molar-refractivity contribution in [2.45, 2.75) is 31.7 Å². The van der Waals surface area contributed by atoms with Crippen molar-refractivity contribution in [1.82, 2.24) is 24.8 Å². The lowest BCUT2D eigenvalue weighted by Crippen LogP contribution is -2.39. The molecule has 1 saturated heterocycles. The first-order chi connectivity index (χ1) is 16.0. The number of methoxy groups -OCH3 is 1. The predicted molar refractivity (Wildman–Crippen MR) is 124 cm³/mol. The summed E-state index contributed by atoms with van der Waals surface area (Å²) >= 11 is 5.88. The minimum atomic E-state index is -0.488. The summed E-state index contributed by atoms with van der Waals surface area (Å²) in [4.78, 5) is 31.1. The molecule has 1 aliphatic rings. The first-order valence-corrected chi connectivity index (χ1v) is 11.1. The number of hydrogen-bond donors (Lipinski definition) is 2. The second-order valence-electron chi connectivity index (χ2n) is 7.84. The normalized spacial score (nSPS) is 14.9. The fourth-order valence-electron chi connectivity index (χ4n) is 3.76. The van der Waals surface area contributed by atoms with Crippen LogP contribution in [0.25, 0.3) is 11.0 Å². The number of carbonyl (C=O) groups excluding carboxylic acids is 1. The van der Waals surface area contributed by atoms with E-state index < -0.39 is 5.82 Å². The van der Waals surface area contributed by atoms with Crippen molar-refractivity contribution in [3.8, 4) is 0 Å². The molecule has 3 aromatic rings. The molecule has 0 atom stereocenters. The third-order valence-electron chi connectivity index (χ3n) is 5.56. The number of likely N-dealkylation sites (tertiary alicyclic amines) is 1. The largest absolute Gasteiger partial charge is 0.469 e. The zero-order valence-corrected chi connectivity index (χ0v) is 19.0. The van der Waals surface area contributed by atoms with E-state index in [1.54, 1.807) is 12.3 Å². The van der Waals surface area contributed by atoms with Gasteiger partial charge in [0.25, 0.3) is 0 Å². The second kappa shape index (κ2) is 10.7. The average molecular weight is 474 g/mol. The van der Waals surface area contributed by atoms with Crippen molar-refractivity contribution in [2.24, 2.45) is 0 Å². The number of anilines is 3. The van der Waals surface area contributed by atoms with E-state index in [0.29, 0.717) is 34.9 Å². The molecule has 33 heavy (non-hydrogen) atoms. The number of hydrogen-bond acceptors (Lipinski definition) is 9. The topological polar surface area (TPSA) is 105 Å². The molecule has 1 fully saturated rings. The van der Waals surface area contributed by atoms with E-state index >= 15 is 0 Å². The summed E-state index contributed by atoms with van der Waals surface area (Å²) in [6, 6.07) is 4.60. The maximum Gasteiger partial charge on any atom is 0.305 e. The molecule has 3 heterocycles. The number of esters is 1. The van der Waals surface area contributed by atoms with Gasteiger partial charge in [0.05, 0.1) is 18.3 Å². The lowest BCUT2D eigenvalue weighted by atomic mass is 10.0. The van der Waals surface area contributed by atoms with E-state index in [9.17, 15) is 9.18 Å². The molecule has 0 radical (unpaired) electrons. The fraction of sp³-hybridized carbons (Fsp3) is 0.409. The van der Waals surface area contributed by atoms with Gasteiger partial charge in [-0.05, 0) is 44.0 Å². The van der Waals surface area contributed by atoms with Crippen molar-refractivity contribution >= 4 is 46.1 Å². The van der Waals surface area contributed by atoms with Crippen molar-refractivity contribution in [3.63, 3.8) is 0 Å². The van der Waals surface area contributed by atoms with Gasteiger partial charge in [0, 0.05) is 31.2 Å². The lowest BCUT2D eigenvalue weighted by Gasteiger charge is -2.32. The number of nitrogens with zero attached hydrogens (tertiary/aromatic N) is 5. The van der Waals surface area contributed by atoms with Crippen LogP contribution in [-0.4, -0.2) is 63.6 Å². The number of halogens is 2. The predicted octanol–water partition coefficient (Wildman–Crippen LogP) is 3.79.